The fourth-order valence-electron chi connectivity index (χ4n) is 4.89. The number of H-pyrrole nitrogens is 1. The lowest BCUT2D eigenvalue weighted by Crippen LogP contribution is -2.54. The molecule has 2 aliphatic heterocycles. The highest BCUT2D eigenvalue weighted by Gasteiger charge is 2.32. The van der Waals surface area contributed by atoms with Crippen LogP contribution in [0.3, 0.4) is 0 Å². The molecule has 0 spiro atoms. The molecule has 1 amide bonds. The molecule has 10 heteroatoms. The zero-order chi connectivity index (χ0) is 24.4. The number of fused-ring (bicyclic) bond motifs is 1. The lowest BCUT2D eigenvalue weighted by Gasteiger charge is -2.37. The second kappa shape index (κ2) is 10.1. The number of piperazine rings is 2. The van der Waals surface area contributed by atoms with Gasteiger partial charge in [-0.15, -0.1) is 0 Å². The number of nitrogens with one attached hydrogen (secondary N) is 1. The predicted molar refractivity (Wildman–Crippen MR) is 134 cm³/mol. The second-order valence-corrected chi connectivity index (χ2v) is 11.2. The Kier molecular flexibility index (Phi) is 6.88. The zero-order valence-electron chi connectivity index (χ0n) is 20.1. The van der Waals surface area contributed by atoms with E-state index in [0.717, 1.165) is 32.7 Å². The number of aromatic nitrogens is 2. The molecule has 2 aliphatic rings. The van der Waals surface area contributed by atoms with Crippen molar-refractivity contribution in [1.82, 2.24) is 29.0 Å². The summed E-state index contributed by atoms with van der Waals surface area (Å²) >= 11 is 0. The first-order valence-electron chi connectivity index (χ1n) is 12.1. The topological polar surface area (TPSA) is 92.9 Å². The van der Waals surface area contributed by atoms with Crippen molar-refractivity contribution in [3.63, 3.8) is 0 Å². The first kappa shape index (κ1) is 23.9. The maximum Gasteiger partial charge on any atom is 0.245 e. The lowest BCUT2D eigenvalue weighted by atomic mass is 10.1. The van der Waals surface area contributed by atoms with E-state index in [2.05, 4.69) is 51.0 Å². The summed E-state index contributed by atoms with van der Waals surface area (Å²) in [6, 6.07) is 11.9. The van der Waals surface area contributed by atoms with E-state index in [0.29, 0.717) is 43.8 Å². The first-order valence-corrected chi connectivity index (χ1v) is 13.5. The minimum Gasteiger partial charge on any atom is -0.345 e. The van der Waals surface area contributed by atoms with Gasteiger partial charge in [0.25, 0.3) is 0 Å². The first-order chi connectivity index (χ1) is 16.9. The molecule has 5 rings (SSSR count). The van der Waals surface area contributed by atoms with Crippen molar-refractivity contribution in [3.05, 3.63) is 59.9 Å². The fraction of sp³-hybridized carbons (Fsp3) is 0.440. The molecule has 3 aromatic rings. The Morgan fingerprint density at radius 3 is 2.40 bits per heavy atom. The fourth-order valence-corrected chi connectivity index (χ4v) is 6.46. The number of hydrogen-bond acceptors (Lipinski definition) is 6. The normalized spacial score (nSPS) is 18.8. The van der Waals surface area contributed by atoms with Crippen LogP contribution in [0.25, 0.3) is 11.0 Å². The molecular weight excluding hydrogens is 464 g/mol. The summed E-state index contributed by atoms with van der Waals surface area (Å²) in [5, 5.41) is 0.603. The molecule has 0 atom stereocenters. The van der Waals surface area contributed by atoms with Gasteiger partial charge in [0.1, 0.15) is 10.5 Å². The number of amides is 1. The Hall–Kier alpha value is -2.79. The zero-order valence-corrected chi connectivity index (χ0v) is 20.9. The van der Waals surface area contributed by atoms with Gasteiger partial charge < -0.3 is 9.88 Å². The molecule has 0 aliphatic carbocycles. The van der Waals surface area contributed by atoms with Gasteiger partial charge in [0.2, 0.25) is 15.9 Å². The van der Waals surface area contributed by atoms with E-state index in [-0.39, 0.29) is 10.8 Å². The van der Waals surface area contributed by atoms with Gasteiger partial charge in [-0.25, -0.2) is 13.4 Å². The van der Waals surface area contributed by atoms with Crippen molar-refractivity contribution in [1.29, 1.82) is 0 Å². The number of aromatic amines is 1. The van der Waals surface area contributed by atoms with Gasteiger partial charge in [0.15, 0.2) is 0 Å². The van der Waals surface area contributed by atoms with Gasteiger partial charge in [-0.05, 0) is 30.2 Å². The van der Waals surface area contributed by atoms with Crippen LogP contribution in [0.1, 0.15) is 11.1 Å². The molecule has 0 unspecified atom stereocenters. The van der Waals surface area contributed by atoms with Crippen LogP contribution in [0.2, 0.25) is 0 Å². The Morgan fingerprint density at radius 2 is 1.66 bits per heavy atom. The summed E-state index contributed by atoms with van der Waals surface area (Å²) in [4.78, 5) is 26.7. The molecular formula is C25H32N6O3S. The van der Waals surface area contributed by atoms with Crippen LogP contribution in [-0.4, -0.2) is 102 Å². The molecule has 9 nitrogen and oxygen atoms in total. The summed E-state index contributed by atoms with van der Waals surface area (Å²) in [7, 11) is -3.62. The average molecular weight is 497 g/mol. The van der Waals surface area contributed by atoms with Crippen LogP contribution in [-0.2, 0) is 21.4 Å². The highest BCUT2D eigenvalue weighted by atomic mass is 32.2. The summed E-state index contributed by atoms with van der Waals surface area (Å²) in [5.41, 5.74) is 3.20. The van der Waals surface area contributed by atoms with Crippen LogP contribution in [0.4, 0.5) is 0 Å². The molecule has 0 radical (unpaired) electrons. The number of aryl methyl sites for hydroxylation is 1. The number of hydrogen-bond donors (Lipinski definition) is 1. The van der Waals surface area contributed by atoms with E-state index in [4.69, 9.17) is 0 Å². The SMILES string of the molecule is Cc1ccccc1CN1CCN(C(=O)CN2CCN(S(=O)(=O)c3c[nH]c4ncccc34)CC2)CC1. The minimum absolute atomic E-state index is 0.125. The van der Waals surface area contributed by atoms with E-state index in [1.807, 2.05) is 4.90 Å². The van der Waals surface area contributed by atoms with Gasteiger partial charge in [0.05, 0.1) is 6.54 Å². The van der Waals surface area contributed by atoms with Crippen molar-refractivity contribution in [2.45, 2.75) is 18.4 Å². The minimum atomic E-state index is -3.62. The van der Waals surface area contributed by atoms with Crippen molar-refractivity contribution < 1.29 is 13.2 Å². The van der Waals surface area contributed by atoms with Crippen LogP contribution in [0.15, 0.2) is 53.7 Å². The molecule has 2 fully saturated rings. The number of benzene rings is 1. The highest BCUT2D eigenvalue weighted by molar-refractivity contribution is 7.89. The van der Waals surface area contributed by atoms with E-state index in [1.165, 1.54) is 21.6 Å². The smallest absolute Gasteiger partial charge is 0.245 e. The Bertz CT molecular complexity index is 1290. The van der Waals surface area contributed by atoms with Crippen molar-refractivity contribution >= 4 is 27.0 Å². The highest BCUT2D eigenvalue weighted by Crippen LogP contribution is 2.25. The molecule has 1 aromatic carbocycles. The maximum atomic E-state index is 13.2. The maximum absolute atomic E-state index is 13.2. The number of carbonyl (C=O) groups excluding carboxylic acids is 1. The summed E-state index contributed by atoms with van der Waals surface area (Å²) in [6.45, 7) is 8.40. The van der Waals surface area contributed by atoms with E-state index in [9.17, 15) is 13.2 Å². The second-order valence-electron chi connectivity index (χ2n) is 9.32. The number of carbonyl (C=O) groups is 1. The largest absolute Gasteiger partial charge is 0.345 e. The molecule has 2 saturated heterocycles. The van der Waals surface area contributed by atoms with Crippen molar-refractivity contribution in [2.24, 2.45) is 0 Å². The Morgan fingerprint density at radius 1 is 0.943 bits per heavy atom. The Balaban J connectivity index is 1.11. The Labute approximate surface area is 206 Å². The van der Waals surface area contributed by atoms with Gasteiger partial charge in [0, 0.05) is 76.7 Å². The van der Waals surface area contributed by atoms with Gasteiger partial charge >= 0.3 is 0 Å². The van der Waals surface area contributed by atoms with Crippen LogP contribution in [0, 0.1) is 6.92 Å². The summed E-state index contributed by atoms with van der Waals surface area (Å²) in [6.07, 6.45) is 3.15. The third-order valence-electron chi connectivity index (χ3n) is 7.10. The van der Waals surface area contributed by atoms with Crippen LogP contribution < -0.4 is 0 Å². The summed E-state index contributed by atoms with van der Waals surface area (Å²) < 4.78 is 27.9. The molecule has 0 saturated carbocycles. The third kappa shape index (κ3) is 5.11. The molecule has 186 valence electrons. The van der Waals surface area contributed by atoms with Gasteiger partial charge in [-0.1, -0.05) is 24.3 Å². The van der Waals surface area contributed by atoms with Crippen molar-refractivity contribution in [2.75, 3.05) is 58.9 Å². The lowest BCUT2D eigenvalue weighted by molar-refractivity contribution is -0.134. The average Bonchev–Trinajstić information content (AvgIpc) is 3.31. The third-order valence-corrected chi connectivity index (χ3v) is 9.04. The molecule has 4 heterocycles. The predicted octanol–water partition coefficient (Wildman–Crippen LogP) is 1.52. The van der Waals surface area contributed by atoms with E-state index < -0.39 is 10.0 Å². The quantitative estimate of drug-likeness (QED) is 0.556. The number of nitrogens with zero attached hydrogens (tertiary/aromatic N) is 5. The standard InChI is InChI=1S/C25H32N6O3S/c1-20-5-2-3-6-21(20)18-28-9-13-30(14-10-28)24(32)19-29-11-15-31(16-12-29)35(33,34)23-17-27-25-22(23)7-4-8-26-25/h2-8,17H,9-16,18-19H2,1H3,(H,26,27). The van der Waals surface area contributed by atoms with Crippen molar-refractivity contribution in [3.8, 4) is 0 Å². The number of sulfonamides is 1. The number of rotatable bonds is 6. The van der Waals surface area contributed by atoms with Crippen LogP contribution in [0.5, 0.6) is 0 Å². The molecule has 0 bridgehead atoms. The molecule has 2 aromatic heterocycles. The monoisotopic (exact) mass is 496 g/mol. The van der Waals surface area contributed by atoms with Gasteiger partial charge in [-0.3, -0.25) is 14.6 Å². The van der Waals surface area contributed by atoms with Gasteiger partial charge in [-0.2, -0.15) is 4.31 Å². The molecule has 35 heavy (non-hydrogen) atoms. The molecule has 1 N–H and O–H groups in total. The number of pyridine rings is 1. The van der Waals surface area contributed by atoms with E-state index in [1.54, 1.807) is 18.3 Å². The van der Waals surface area contributed by atoms with Crippen LogP contribution >= 0.6 is 0 Å². The van der Waals surface area contributed by atoms with E-state index >= 15 is 0 Å². The summed E-state index contributed by atoms with van der Waals surface area (Å²) in [5.74, 6) is 0.125.